The van der Waals surface area contributed by atoms with Crippen molar-refractivity contribution in [3.8, 4) is 11.6 Å². The molecule has 1 aromatic carbocycles. The van der Waals surface area contributed by atoms with Gasteiger partial charge >= 0.3 is 5.97 Å². The van der Waals surface area contributed by atoms with Gasteiger partial charge in [-0.3, -0.25) is 9.59 Å². The maximum atomic E-state index is 12.5. The lowest BCUT2D eigenvalue weighted by Gasteiger charge is -2.15. The second-order valence-corrected chi connectivity index (χ2v) is 5.93. The van der Waals surface area contributed by atoms with Gasteiger partial charge < -0.3 is 14.7 Å². The quantitative estimate of drug-likeness (QED) is 0.934. The first-order chi connectivity index (χ1) is 11.5. The zero-order valence-corrected chi connectivity index (χ0v) is 13.3. The van der Waals surface area contributed by atoms with Gasteiger partial charge in [-0.1, -0.05) is 25.1 Å². The molecule has 6 heteroatoms. The Morgan fingerprint density at radius 1 is 1.17 bits per heavy atom. The monoisotopic (exact) mass is 326 g/mol. The van der Waals surface area contributed by atoms with Crippen LogP contribution >= 0.6 is 0 Å². The van der Waals surface area contributed by atoms with Crippen LogP contribution in [0, 0.1) is 11.8 Å². The second kappa shape index (κ2) is 6.70. The average Bonchev–Trinajstić information content (AvgIpc) is 2.98. The zero-order valence-electron chi connectivity index (χ0n) is 13.3. The van der Waals surface area contributed by atoms with Crippen molar-refractivity contribution in [1.29, 1.82) is 0 Å². The fraction of sp³-hybridized carbons (Fsp3) is 0.278. The van der Waals surface area contributed by atoms with Gasteiger partial charge in [-0.15, -0.1) is 0 Å². The largest absolute Gasteiger partial charge is 0.481 e. The van der Waals surface area contributed by atoms with Gasteiger partial charge in [-0.05, 0) is 24.1 Å². The van der Waals surface area contributed by atoms with Crippen molar-refractivity contribution in [1.82, 2.24) is 9.88 Å². The average molecular weight is 326 g/mol. The van der Waals surface area contributed by atoms with Gasteiger partial charge in [0.05, 0.1) is 11.5 Å². The summed E-state index contributed by atoms with van der Waals surface area (Å²) in [6, 6.07) is 12.5. The summed E-state index contributed by atoms with van der Waals surface area (Å²) >= 11 is 0. The van der Waals surface area contributed by atoms with E-state index in [4.69, 9.17) is 9.84 Å². The summed E-state index contributed by atoms with van der Waals surface area (Å²) in [5, 5.41) is 9.16. The number of aromatic nitrogens is 1. The van der Waals surface area contributed by atoms with Crippen LogP contribution < -0.4 is 4.74 Å². The van der Waals surface area contributed by atoms with Crippen LogP contribution in [0.3, 0.4) is 0 Å². The Kier molecular flexibility index (Phi) is 4.46. The molecule has 0 bridgehead atoms. The number of carbonyl (C=O) groups is 2. The number of carboxylic acids is 1. The molecule has 24 heavy (non-hydrogen) atoms. The number of benzene rings is 1. The third-order valence-electron chi connectivity index (χ3n) is 4.17. The predicted molar refractivity (Wildman–Crippen MR) is 86.9 cm³/mol. The molecule has 0 unspecified atom stereocenters. The fourth-order valence-corrected chi connectivity index (χ4v) is 2.81. The molecule has 6 nitrogen and oxygen atoms in total. The van der Waals surface area contributed by atoms with Crippen LogP contribution in [0.15, 0.2) is 48.7 Å². The first-order valence-electron chi connectivity index (χ1n) is 7.75. The molecule has 2 aromatic rings. The van der Waals surface area contributed by atoms with E-state index < -0.39 is 11.9 Å². The lowest BCUT2D eigenvalue weighted by atomic mass is 9.99. The molecule has 0 spiro atoms. The Morgan fingerprint density at radius 3 is 2.50 bits per heavy atom. The summed E-state index contributed by atoms with van der Waals surface area (Å²) in [5.74, 6) is -0.563. The van der Waals surface area contributed by atoms with Crippen molar-refractivity contribution < 1.29 is 19.4 Å². The highest BCUT2D eigenvalue weighted by Crippen LogP contribution is 2.25. The first-order valence-corrected chi connectivity index (χ1v) is 7.75. The minimum atomic E-state index is -0.859. The van der Waals surface area contributed by atoms with Crippen molar-refractivity contribution in [3.63, 3.8) is 0 Å². The summed E-state index contributed by atoms with van der Waals surface area (Å²) < 4.78 is 5.59. The molecule has 0 aliphatic carbocycles. The summed E-state index contributed by atoms with van der Waals surface area (Å²) in [6.45, 7) is 2.52. The smallest absolute Gasteiger partial charge is 0.308 e. The van der Waals surface area contributed by atoms with Crippen LogP contribution in [0.5, 0.6) is 11.6 Å². The number of hydrogen-bond acceptors (Lipinski definition) is 4. The third kappa shape index (κ3) is 3.37. The predicted octanol–water partition coefficient (Wildman–Crippen LogP) is 2.67. The van der Waals surface area contributed by atoms with Gasteiger partial charge in [-0.25, -0.2) is 4.98 Å². The number of para-hydroxylation sites is 1. The van der Waals surface area contributed by atoms with Crippen LogP contribution in [0.4, 0.5) is 0 Å². The number of carbonyl (C=O) groups excluding carboxylic acids is 1. The molecule has 3 rings (SSSR count). The molecule has 1 saturated heterocycles. The number of likely N-dealkylation sites (tertiary alicyclic amines) is 1. The van der Waals surface area contributed by atoms with Crippen LogP contribution in [0.25, 0.3) is 0 Å². The molecule has 1 fully saturated rings. The maximum Gasteiger partial charge on any atom is 0.308 e. The Labute approximate surface area is 139 Å². The molecule has 1 N–H and O–H groups in total. The van der Waals surface area contributed by atoms with Crippen molar-refractivity contribution >= 4 is 11.9 Å². The minimum absolute atomic E-state index is 0.0555. The highest BCUT2D eigenvalue weighted by Gasteiger charge is 2.37. The van der Waals surface area contributed by atoms with Crippen LogP contribution in [0.2, 0.25) is 0 Å². The van der Waals surface area contributed by atoms with Gasteiger partial charge in [0.2, 0.25) is 5.88 Å². The Bertz CT molecular complexity index is 730. The number of rotatable bonds is 4. The van der Waals surface area contributed by atoms with Gasteiger partial charge in [0.1, 0.15) is 5.75 Å². The normalized spacial score (nSPS) is 20.0. The summed E-state index contributed by atoms with van der Waals surface area (Å²) in [5.41, 5.74) is 0.425. The van der Waals surface area contributed by atoms with Crippen LogP contribution in [-0.2, 0) is 4.79 Å². The van der Waals surface area contributed by atoms with E-state index >= 15 is 0 Å². The molecule has 1 aliphatic rings. The highest BCUT2D eigenvalue weighted by atomic mass is 16.5. The molecular formula is C18H18N2O4. The van der Waals surface area contributed by atoms with Crippen molar-refractivity contribution in [2.24, 2.45) is 11.8 Å². The molecule has 2 atom stereocenters. The number of pyridine rings is 1. The minimum Gasteiger partial charge on any atom is -0.481 e. The Morgan fingerprint density at radius 2 is 1.92 bits per heavy atom. The molecular weight excluding hydrogens is 308 g/mol. The van der Waals surface area contributed by atoms with E-state index in [1.54, 1.807) is 17.0 Å². The van der Waals surface area contributed by atoms with Gasteiger partial charge in [0.15, 0.2) is 0 Å². The molecule has 1 amide bonds. The van der Waals surface area contributed by atoms with Gasteiger partial charge in [0, 0.05) is 25.4 Å². The number of carboxylic acid groups (broad SMARTS) is 1. The van der Waals surface area contributed by atoms with Gasteiger partial charge in [-0.2, -0.15) is 0 Å². The lowest BCUT2D eigenvalue weighted by molar-refractivity contribution is -0.142. The Hall–Kier alpha value is -2.89. The molecule has 0 radical (unpaired) electrons. The number of aliphatic carboxylic acids is 1. The highest BCUT2D eigenvalue weighted by molar-refractivity contribution is 5.94. The fourth-order valence-electron chi connectivity index (χ4n) is 2.81. The van der Waals surface area contributed by atoms with Gasteiger partial charge in [0.25, 0.3) is 5.91 Å². The lowest BCUT2D eigenvalue weighted by Crippen LogP contribution is -2.30. The maximum absolute atomic E-state index is 12.5. The van der Waals surface area contributed by atoms with Crippen LogP contribution in [-0.4, -0.2) is 40.0 Å². The van der Waals surface area contributed by atoms with Crippen molar-refractivity contribution in [2.45, 2.75) is 6.92 Å². The van der Waals surface area contributed by atoms with Crippen LogP contribution in [0.1, 0.15) is 17.3 Å². The molecule has 0 saturated carbocycles. The number of hydrogen-bond donors (Lipinski definition) is 1. The molecule has 1 aromatic heterocycles. The summed E-state index contributed by atoms with van der Waals surface area (Å²) in [4.78, 5) is 29.4. The number of amides is 1. The van der Waals surface area contributed by atoms with E-state index in [-0.39, 0.29) is 18.4 Å². The first kappa shape index (κ1) is 16.0. The van der Waals surface area contributed by atoms with Crippen molar-refractivity contribution in [3.05, 3.63) is 54.2 Å². The summed E-state index contributed by atoms with van der Waals surface area (Å²) in [7, 11) is 0. The third-order valence-corrected chi connectivity index (χ3v) is 4.17. The van der Waals surface area contributed by atoms with E-state index in [2.05, 4.69) is 4.98 Å². The standard InChI is InChI=1S/C18H18N2O4/c1-12-10-20(11-15(12)18(22)23)17(21)13-7-8-16(19-9-13)24-14-5-3-2-4-6-14/h2-9,12,15H,10-11H2,1H3,(H,22,23)/t12-,15-/m1/s1. The summed E-state index contributed by atoms with van der Waals surface area (Å²) in [6.07, 6.45) is 1.46. The van der Waals surface area contributed by atoms with E-state index in [0.717, 1.165) is 0 Å². The molecule has 1 aliphatic heterocycles. The molecule has 124 valence electrons. The molecule has 2 heterocycles. The van der Waals surface area contributed by atoms with E-state index in [1.165, 1.54) is 6.20 Å². The second-order valence-electron chi connectivity index (χ2n) is 5.93. The Balaban J connectivity index is 1.67. The topological polar surface area (TPSA) is 79.7 Å². The SMILES string of the molecule is C[C@@H]1CN(C(=O)c2ccc(Oc3ccccc3)nc2)C[C@H]1C(=O)O. The zero-order chi connectivity index (χ0) is 17.1. The number of ether oxygens (including phenoxy) is 1. The van der Waals surface area contributed by atoms with Crippen molar-refractivity contribution in [2.75, 3.05) is 13.1 Å². The number of nitrogens with zero attached hydrogens (tertiary/aromatic N) is 2. The van der Waals surface area contributed by atoms with E-state index in [0.29, 0.717) is 23.7 Å². The van der Waals surface area contributed by atoms with E-state index in [1.807, 2.05) is 37.3 Å². The van der Waals surface area contributed by atoms with E-state index in [9.17, 15) is 9.59 Å².